The monoisotopic (exact) mass is 244 g/mol. The van der Waals surface area contributed by atoms with Crippen LogP contribution in [-0.2, 0) is 11.2 Å². The Morgan fingerprint density at radius 1 is 1.33 bits per heavy atom. The number of anilines is 1. The van der Waals surface area contributed by atoms with Gasteiger partial charge in [0.05, 0.1) is 24.7 Å². The van der Waals surface area contributed by atoms with Gasteiger partial charge in [-0.25, -0.2) is 0 Å². The SMILES string of the molecule is CC(C)(C#N)Cc1cccc(N2CCOCC2)c1. The highest BCUT2D eigenvalue weighted by Gasteiger charge is 2.18. The molecule has 0 saturated carbocycles. The zero-order chi connectivity index (χ0) is 13.0. The smallest absolute Gasteiger partial charge is 0.0687 e. The van der Waals surface area contributed by atoms with Crippen molar-refractivity contribution in [2.24, 2.45) is 5.41 Å². The second kappa shape index (κ2) is 5.41. The van der Waals surface area contributed by atoms with Crippen LogP contribution >= 0.6 is 0 Å². The van der Waals surface area contributed by atoms with Gasteiger partial charge in [0.1, 0.15) is 0 Å². The summed E-state index contributed by atoms with van der Waals surface area (Å²) in [4.78, 5) is 2.34. The van der Waals surface area contributed by atoms with E-state index >= 15 is 0 Å². The highest BCUT2D eigenvalue weighted by atomic mass is 16.5. The van der Waals surface area contributed by atoms with Crippen molar-refractivity contribution >= 4 is 5.69 Å². The largest absolute Gasteiger partial charge is 0.378 e. The van der Waals surface area contributed by atoms with Crippen LogP contribution in [0.1, 0.15) is 19.4 Å². The van der Waals surface area contributed by atoms with Gasteiger partial charge in [-0.05, 0) is 38.0 Å². The summed E-state index contributed by atoms with van der Waals surface area (Å²) >= 11 is 0. The zero-order valence-electron chi connectivity index (χ0n) is 11.1. The van der Waals surface area contributed by atoms with E-state index in [1.165, 1.54) is 11.3 Å². The van der Waals surface area contributed by atoms with Gasteiger partial charge < -0.3 is 9.64 Å². The predicted octanol–water partition coefficient (Wildman–Crippen LogP) is 2.62. The van der Waals surface area contributed by atoms with E-state index in [2.05, 4.69) is 35.2 Å². The average Bonchev–Trinajstić information content (AvgIpc) is 2.40. The van der Waals surface area contributed by atoms with Gasteiger partial charge in [0.2, 0.25) is 0 Å². The molecule has 0 atom stereocenters. The van der Waals surface area contributed by atoms with Crippen molar-refractivity contribution in [2.45, 2.75) is 20.3 Å². The van der Waals surface area contributed by atoms with Gasteiger partial charge in [0.15, 0.2) is 0 Å². The van der Waals surface area contributed by atoms with Gasteiger partial charge >= 0.3 is 0 Å². The minimum atomic E-state index is -0.302. The van der Waals surface area contributed by atoms with Crippen LogP contribution < -0.4 is 4.90 Å². The molecule has 1 saturated heterocycles. The molecule has 0 N–H and O–H groups in total. The quantitative estimate of drug-likeness (QED) is 0.820. The summed E-state index contributed by atoms with van der Waals surface area (Å²) in [6, 6.07) is 10.9. The number of hydrogen-bond acceptors (Lipinski definition) is 3. The highest BCUT2D eigenvalue weighted by molar-refractivity contribution is 5.49. The first-order chi connectivity index (χ1) is 8.61. The van der Waals surface area contributed by atoms with Crippen LogP contribution in [0.5, 0.6) is 0 Å². The lowest BCUT2D eigenvalue weighted by Crippen LogP contribution is -2.36. The fraction of sp³-hybridized carbons (Fsp3) is 0.533. The molecule has 0 radical (unpaired) electrons. The lowest BCUT2D eigenvalue weighted by atomic mass is 9.87. The minimum Gasteiger partial charge on any atom is -0.378 e. The molecule has 1 aromatic carbocycles. The molecule has 0 amide bonds. The van der Waals surface area contributed by atoms with Crippen LogP contribution in [0.2, 0.25) is 0 Å². The minimum absolute atomic E-state index is 0.302. The molecule has 0 aliphatic carbocycles. The third kappa shape index (κ3) is 3.24. The summed E-state index contributed by atoms with van der Waals surface area (Å²) < 4.78 is 5.36. The van der Waals surface area contributed by atoms with Gasteiger partial charge in [0.25, 0.3) is 0 Å². The number of nitrogens with zero attached hydrogens (tertiary/aromatic N) is 2. The summed E-state index contributed by atoms with van der Waals surface area (Å²) in [5.74, 6) is 0. The molecule has 3 heteroatoms. The topological polar surface area (TPSA) is 36.3 Å². The fourth-order valence-corrected chi connectivity index (χ4v) is 2.23. The van der Waals surface area contributed by atoms with Gasteiger partial charge in [-0.1, -0.05) is 12.1 Å². The molecule has 2 rings (SSSR count). The second-order valence-corrected chi connectivity index (χ2v) is 5.44. The van der Waals surface area contributed by atoms with Crippen molar-refractivity contribution in [2.75, 3.05) is 31.2 Å². The third-order valence-electron chi connectivity index (χ3n) is 3.24. The van der Waals surface area contributed by atoms with E-state index in [1.807, 2.05) is 13.8 Å². The van der Waals surface area contributed by atoms with Crippen molar-refractivity contribution in [3.05, 3.63) is 29.8 Å². The lowest BCUT2D eigenvalue weighted by molar-refractivity contribution is 0.122. The van der Waals surface area contributed by atoms with Gasteiger partial charge in [0, 0.05) is 18.8 Å². The normalized spacial score (nSPS) is 16.4. The maximum atomic E-state index is 9.10. The molecule has 0 bridgehead atoms. The second-order valence-electron chi connectivity index (χ2n) is 5.44. The Morgan fingerprint density at radius 3 is 2.72 bits per heavy atom. The first kappa shape index (κ1) is 12.9. The molecule has 18 heavy (non-hydrogen) atoms. The van der Waals surface area contributed by atoms with E-state index in [4.69, 9.17) is 10.00 Å². The van der Waals surface area contributed by atoms with Crippen molar-refractivity contribution in [1.29, 1.82) is 5.26 Å². The Bertz CT molecular complexity index is 442. The third-order valence-corrected chi connectivity index (χ3v) is 3.24. The Balaban J connectivity index is 2.12. The molecule has 0 spiro atoms. The maximum Gasteiger partial charge on any atom is 0.0687 e. The Kier molecular flexibility index (Phi) is 3.88. The summed E-state index contributed by atoms with van der Waals surface area (Å²) in [5.41, 5.74) is 2.17. The van der Waals surface area contributed by atoms with Crippen LogP contribution in [0.4, 0.5) is 5.69 Å². The number of benzene rings is 1. The summed E-state index contributed by atoms with van der Waals surface area (Å²) in [6.07, 6.45) is 0.793. The Labute approximate surface area is 109 Å². The molecule has 1 aliphatic heterocycles. The number of nitriles is 1. The first-order valence-corrected chi connectivity index (χ1v) is 6.44. The number of ether oxygens (including phenoxy) is 1. The molecule has 0 unspecified atom stereocenters. The summed E-state index contributed by atoms with van der Waals surface area (Å²) in [5, 5.41) is 9.10. The van der Waals surface area contributed by atoms with Crippen molar-refractivity contribution in [3.8, 4) is 6.07 Å². The zero-order valence-corrected chi connectivity index (χ0v) is 11.1. The number of hydrogen-bond donors (Lipinski definition) is 0. The van der Waals surface area contributed by atoms with Crippen LogP contribution in [0.25, 0.3) is 0 Å². The molecule has 1 aliphatic rings. The molecule has 1 aromatic rings. The number of rotatable bonds is 3. The molecule has 0 aromatic heterocycles. The van der Waals surface area contributed by atoms with Gasteiger partial charge in [-0.3, -0.25) is 0 Å². The van der Waals surface area contributed by atoms with E-state index in [9.17, 15) is 0 Å². The number of morpholine rings is 1. The molecule has 96 valence electrons. The van der Waals surface area contributed by atoms with E-state index in [0.29, 0.717) is 0 Å². The van der Waals surface area contributed by atoms with Crippen LogP contribution in [0, 0.1) is 16.7 Å². The van der Waals surface area contributed by atoms with E-state index in [1.54, 1.807) is 0 Å². The average molecular weight is 244 g/mol. The van der Waals surface area contributed by atoms with Crippen LogP contribution in [0.3, 0.4) is 0 Å². The van der Waals surface area contributed by atoms with E-state index < -0.39 is 0 Å². The van der Waals surface area contributed by atoms with Crippen molar-refractivity contribution < 1.29 is 4.74 Å². The van der Waals surface area contributed by atoms with Crippen LogP contribution in [-0.4, -0.2) is 26.3 Å². The highest BCUT2D eigenvalue weighted by Crippen LogP contribution is 2.24. The summed E-state index contributed by atoms with van der Waals surface area (Å²) in [6.45, 7) is 7.46. The van der Waals surface area contributed by atoms with E-state index in [-0.39, 0.29) is 5.41 Å². The molecular formula is C15H20N2O. The molecule has 1 heterocycles. The lowest BCUT2D eigenvalue weighted by Gasteiger charge is -2.29. The van der Waals surface area contributed by atoms with Gasteiger partial charge in [-0.15, -0.1) is 0 Å². The molecule has 1 fully saturated rings. The fourth-order valence-electron chi connectivity index (χ4n) is 2.23. The van der Waals surface area contributed by atoms with Gasteiger partial charge in [-0.2, -0.15) is 5.26 Å². The Morgan fingerprint density at radius 2 is 2.06 bits per heavy atom. The van der Waals surface area contributed by atoms with Crippen molar-refractivity contribution in [1.82, 2.24) is 0 Å². The maximum absolute atomic E-state index is 9.10. The summed E-state index contributed by atoms with van der Waals surface area (Å²) in [7, 11) is 0. The van der Waals surface area contributed by atoms with Crippen molar-refractivity contribution in [3.63, 3.8) is 0 Å². The Hall–Kier alpha value is -1.53. The van der Waals surface area contributed by atoms with E-state index in [0.717, 1.165) is 32.7 Å². The standard InChI is InChI=1S/C15H20N2O/c1-15(2,12-16)11-13-4-3-5-14(10-13)17-6-8-18-9-7-17/h3-5,10H,6-9,11H2,1-2H3. The molecular weight excluding hydrogens is 224 g/mol. The predicted molar refractivity (Wildman–Crippen MR) is 72.6 cm³/mol. The first-order valence-electron chi connectivity index (χ1n) is 6.44. The molecule has 3 nitrogen and oxygen atoms in total. The van der Waals surface area contributed by atoms with Crippen LogP contribution in [0.15, 0.2) is 24.3 Å².